The molecule has 0 aliphatic carbocycles. The van der Waals surface area contributed by atoms with Crippen molar-refractivity contribution in [2.75, 3.05) is 5.32 Å². The molecular weight excluding hydrogens is 222 g/mol. The van der Waals surface area contributed by atoms with Crippen molar-refractivity contribution in [2.45, 2.75) is 0 Å². The van der Waals surface area contributed by atoms with Crippen LogP contribution < -0.4 is 5.32 Å². The predicted octanol–water partition coefficient (Wildman–Crippen LogP) is 2.07. The van der Waals surface area contributed by atoms with Gasteiger partial charge in [-0.15, -0.1) is 0 Å². The summed E-state index contributed by atoms with van der Waals surface area (Å²) in [6.45, 7) is 0. The van der Waals surface area contributed by atoms with Crippen LogP contribution >= 0.6 is 0 Å². The van der Waals surface area contributed by atoms with E-state index < -0.39 is 0 Å². The third-order valence-electron chi connectivity index (χ3n) is 2.29. The highest BCUT2D eigenvalue weighted by molar-refractivity contribution is 6.05. The van der Waals surface area contributed by atoms with Gasteiger partial charge in [-0.1, -0.05) is 0 Å². The molecule has 0 unspecified atom stereocenters. The highest BCUT2D eigenvalue weighted by atomic mass is 16.6. The molecular formula is C11H7N3O3. The number of amides is 1. The molecule has 0 aliphatic rings. The molecule has 17 heavy (non-hydrogen) atoms. The third-order valence-corrected chi connectivity index (χ3v) is 2.29. The minimum Gasteiger partial charge on any atom is -0.470 e. The summed E-state index contributed by atoms with van der Waals surface area (Å²) >= 11 is 0. The zero-order valence-electron chi connectivity index (χ0n) is 8.58. The lowest BCUT2D eigenvalue weighted by atomic mass is 10.2. The van der Waals surface area contributed by atoms with Crippen LogP contribution in [0.1, 0.15) is 10.4 Å². The Balaban J connectivity index is 1.90. The summed E-state index contributed by atoms with van der Waals surface area (Å²) in [7, 11) is 0. The van der Waals surface area contributed by atoms with E-state index >= 15 is 0 Å². The van der Waals surface area contributed by atoms with E-state index in [-0.39, 0.29) is 5.91 Å². The summed E-state index contributed by atoms with van der Waals surface area (Å²) in [5.74, 6) is -0.240. The average molecular weight is 229 g/mol. The van der Waals surface area contributed by atoms with Gasteiger partial charge in [0.1, 0.15) is 17.3 Å². The van der Waals surface area contributed by atoms with E-state index in [2.05, 4.69) is 20.3 Å². The Morgan fingerprint density at radius 1 is 1.18 bits per heavy atom. The maximum Gasteiger partial charge on any atom is 0.255 e. The van der Waals surface area contributed by atoms with Crippen LogP contribution in [0.5, 0.6) is 0 Å². The van der Waals surface area contributed by atoms with Crippen molar-refractivity contribution in [3.8, 4) is 0 Å². The monoisotopic (exact) mass is 229 g/mol. The second-order valence-electron chi connectivity index (χ2n) is 3.43. The molecule has 0 fully saturated rings. The lowest BCUT2D eigenvalue weighted by Gasteiger charge is -2.01. The van der Waals surface area contributed by atoms with E-state index in [4.69, 9.17) is 4.42 Å². The Kier molecular flexibility index (Phi) is 2.11. The molecule has 0 saturated heterocycles. The van der Waals surface area contributed by atoms with E-state index in [1.54, 1.807) is 24.3 Å². The molecule has 1 N–H and O–H groups in total. The van der Waals surface area contributed by atoms with Crippen LogP contribution in [0.2, 0.25) is 0 Å². The number of hydrogen-bond donors (Lipinski definition) is 1. The minimum atomic E-state index is -0.240. The predicted molar refractivity (Wildman–Crippen MR) is 58.5 cm³/mol. The van der Waals surface area contributed by atoms with Crippen molar-refractivity contribution < 1.29 is 13.8 Å². The molecule has 0 saturated carbocycles. The summed E-state index contributed by atoms with van der Waals surface area (Å²) < 4.78 is 9.42. The topological polar surface area (TPSA) is 81.2 Å². The van der Waals surface area contributed by atoms with Crippen LogP contribution in [-0.4, -0.2) is 16.2 Å². The Bertz CT molecular complexity index is 657. The van der Waals surface area contributed by atoms with Gasteiger partial charge in [0.05, 0.1) is 12.0 Å². The second kappa shape index (κ2) is 3.75. The molecule has 0 spiro atoms. The van der Waals surface area contributed by atoms with Gasteiger partial charge >= 0.3 is 0 Å². The fourth-order valence-corrected chi connectivity index (χ4v) is 1.46. The molecule has 3 aromatic rings. The zero-order chi connectivity index (χ0) is 11.7. The number of furan rings is 1. The number of aromatic nitrogens is 2. The smallest absolute Gasteiger partial charge is 0.255 e. The Morgan fingerprint density at radius 3 is 2.88 bits per heavy atom. The van der Waals surface area contributed by atoms with Gasteiger partial charge in [-0.05, 0) is 34.6 Å². The lowest BCUT2D eigenvalue weighted by Crippen LogP contribution is -2.10. The first-order valence-corrected chi connectivity index (χ1v) is 4.89. The quantitative estimate of drug-likeness (QED) is 0.727. The largest absolute Gasteiger partial charge is 0.470 e. The number of carbonyl (C=O) groups is 1. The third kappa shape index (κ3) is 1.76. The molecule has 6 nitrogen and oxygen atoms in total. The molecule has 2 aromatic heterocycles. The fourth-order valence-electron chi connectivity index (χ4n) is 1.46. The SMILES string of the molecule is O=C(Nc1ccoc1)c1ccc2nonc2c1. The normalized spacial score (nSPS) is 10.6. The van der Waals surface area contributed by atoms with Gasteiger partial charge in [-0.2, -0.15) is 0 Å². The number of anilines is 1. The van der Waals surface area contributed by atoms with Crippen LogP contribution in [-0.2, 0) is 0 Å². The number of carbonyl (C=O) groups excluding carboxylic acids is 1. The van der Waals surface area contributed by atoms with Crippen molar-refractivity contribution in [1.29, 1.82) is 0 Å². The minimum absolute atomic E-state index is 0.240. The van der Waals surface area contributed by atoms with Gasteiger partial charge in [0, 0.05) is 5.56 Å². The van der Waals surface area contributed by atoms with E-state index in [9.17, 15) is 4.79 Å². The van der Waals surface area contributed by atoms with Gasteiger partial charge in [0.25, 0.3) is 5.91 Å². The molecule has 1 aromatic carbocycles. The molecule has 0 aliphatic heterocycles. The van der Waals surface area contributed by atoms with Gasteiger partial charge in [-0.3, -0.25) is 4.79 Å². The van der Waals surface area contributed by atoms with Gasteiger partial charge < -0.3 is 9.73 Å². The molecule has 6 heteroatoms. The summed E-state index contributed by atoms with van der Waals surface area (Å²) in [5, 5.41) is 10.0. The van der Waals surface area contributed by atoms with Gasteiger partial charge in [0.15, 0.2) is 0 Å². The first-order chi connectivity index (χ1) is 8.33. The summed E-state index contributed by atoms with van der Waals surface area (Å²) in [6.07, 6.45) is 2.94. The molecule has 84 valence electrons. The highest BCUT2D eigenvalue weighted by Crippen LogP contribution is 2.14. The number of nitrogens with zero attached hydrogens (tertiary/aromatic N) is 2. The summed E-state index contributed by atoms with van der Waals surface area (Å²) in [5.41, 5.74) is 2.25. The first-order valence-electron chi connectivity index (χ1n) is 4.89. The highest BCUT2D eigenvalue weighted by Gasteiger charge is 2.09. The van der Waals surface area contributed by atoms with E-state index in [0.717, 1.165) is 0 Å². The molecule has 0 bridgehead atoms. The maximum atomic E-state index is 11.8. The van der Waals surface area contributed by atoms with Gasteiger partial charge in [0.2, 0.25) is 0 Å². The average Bonchev–Trinajstić information content (AvgIpc) is 2.97. The van der Waals surface area contributed by atoms with Crippen LogP contribution in [0, 0.1) is 0 Å². The zero-order valence-corrected chi connectivity index (χ0v) is 8.58. The number of hydrogen-bond acceptors (Lipinski definition) is 5. The lowest BCUT2D eigenvalue weighted by molar-refractivity contribution is 0.102. The van der Waals surface area contributed by atoms with Crippen molar-refractivity contribution in [1.82, 2.24) is 10.3 Å². The molecule has 2 heterocycles. The van der Waals surface area contributed by atoms with Crippen molar-refractivity contribution in [2.24, 2.45) is 0 Å². The van der Waals surface area contributed by atoms with Crippen LogP contribution in [0.3, 0.4) is 0 Å². The van der Waals surface area contributed by atoms with Crippen molar-refractivity contribution in [3.05, 3.63) is 42.4 Å². The van der Waals surface area contributed by atoms with E-state index in [1.807, 2.05) is 0 Å². The molecule has 0 radical (unpaired) electrons. The van der Waals surface area contributed by atoms with Crippen LogP contribution in [0.4, 0.5) is 5.69 Å². The number of benzene rings is 1. The van der Waals surface area contributed by atoms with Crippen molar-refractivity contribution in [3.63, 3.8) is 0 Å². The maximum absolute atomic E-state index is 11.8. The number of nitrogens with one attached hydrogen (secondary N) is 1. The summed E-state index contributed by atoms with van der Waals surface area (Å²) in [6, 6.07) is 6.60. The Labute approximate surface area is 95.2 Å². The Morgan fingerprint density at radius 2 is 2.06 bits per heavy atom. The molecule has 3 rings (SSSR count). The van der Waals surface area contributed by atoms with Crippen LogP contribution in [0.25, 0.3) is 11.0 Å². The molecule has 0 atom stereocenters. The fraction of sp³-hybridized carbons (Fsp3) is 0. The Hall–Kier alpha value is -2.63. The summed E-state index contributed by atoms with van der Waals surface area (Å²) in [4.78, 5) is 11.8. The van der Waals surface area contributed by atoms with Crippen LogP contribution in [0.15, 0.2) is 45.8 Å². The number of rotatable bonds is 2. The number of fused-ring (bicyclic) bond motifs is 1. The van der Waals surface area contributed by atoms with Gasteiger partial charge in [-0.25, -0.2) is 4.63 Å². The van der Waals surface area contributed by atoms with E-state index in [0.29, 0.717) is 22.3 Å². The van der Waals surface area contributed by atoms with Crippen molar-refractivity contribution >= 4 is 22.6 Å². The first kappa shape index (κ1) is 9.59. The molecule has 1 amide bonds. The second-order valence-corrected chi connectivity index (χ2v) is 3.43. The standard InChI is InChI=1S/C11H7N3O3/c15-11(12-8-3-4-16-6-8)7-1-2-9-10(5-7)14-17-13-9/h1-6H,(H,12,15). The van der Waals surface area contributed by atoms with E-state index in [1.165, 1.54) is 12.5 Å².